The first-order valence-electron chi connectivity index (χ1n) is 5.57. The SMILES string of the molecule is Nc1nc(Cc2ccc(F)cc2F)nc2sccc12. The van der Waals surface area contributed by atoms with Gasteiger partial charge in [-0.1, -0.05) is 6.07 Å². The molecule has 0 radical (unpaired) electrons. The number of benzene rings is 1. The summed E-state index contributed by atoms with van der Waals surface area (Å²) in [6, 6.07) is 5.30. The molecule has 0 spiro atoms. The van der Waals surface area contributed by atoms with Gasteiger partial charge in [-0.05, 0) is 23.1 Å². The fourth-order valence-corrected chi connectivity index (χ4v) is 2.63. The zero-order valence-corrected chi connectivity index (χ0v) is 10.5. The van der Waals surface area contributed by atoms with Gasteiger partial charge in [-0.2, -0.15) is 0 Å². The average molecular weight is 277 g/mol. The second kappa shape index (κ2) is 4.55. The molecule has 3 rings (SSSR count). The third-order valence-corrected chi connectivity index (χ3v) is 3.57. The predicted molar refractivity (Wildman–Crippen MR) is 71.0 cm³/mol. The van der Waals surface area contributed by atoms with E-state index in [4.69, 9.17) is 5.73 Å². The first kappa shape index (κ1) is 12.0. The third-order valence-electron chi connectivity index (χ3n) is 2.76. The molecule has 19 heavy (non-hydrogen) atoms. The second-order valence-corrected chi connectivity index (χ2v) is 4.97. The molecule has 0 saturated heterocycles. The van der Waals surface area contributed by atoms with Gasteiger partial charge in [-0.15, -0.1) is 11.3 Å². The van der Waals surface area contributed by atoms with E-state index in [-0.39, 0.29) is 6.42 Å². The number of fused-ring (bicyclic) bond motifs is 1. The van der Waals surface area contributed by atoms with Crippen LogP contribution in [0.2, 0.25) is 0 Å². The molecular formula is C13H9F2N3S. The quantitative estimate of drug-likeness (QED) is 0.783. The molecule has 2 aromatic heterocycles. The van der Waals surface area contributed by atoms with E-state index in [1.54, 1.807) is 0 Å². The Balaban J connectivity index is 2.00. The molecule has 0 saturated carbocycles. The van der Waals surface area contributed by atoms with Crippen molar-refractivity contribution in [3.05, 3.63) is 52.7 Å². The Kier molecular flexibility index (Phi) is 2.87. The van der Waals surface area contributed by atoms with Crippen LogP contribution in [-0.4, -0.2) is 9.97 Å². The zero-order chi connectivity index (χ0) is 13.4. The smallest absolute Gasteiger partial charge is 0.136 e. The summed E-state index contributed by atoms with van der Waals surface area (Å²) >= 11 is 1.45. The van der Waals surface area contributed by atoms with Crippen molar-refractivity contribution >= 4 is 27.4 Å². The highest BCUT2D eigenvalue weighted by Crippen LogP contribution is 2.24. The van der Waals surface area contributed by atoms with Crippen molar-refractivity contribution < 1.29 is 8.78 Å². The van der Waals surface area contributed by atoms with Crippen LogP contribution in [0.3, 0.4) is 0 Å². The highest BCUT2D eigenvalue weighted by Gasteiger charge is 2.10. The number of halogens is 2. The Bertz CT molecular complexity index is 755. The predicted octanol–water partition coefficient (Wildman–Crippen LogP) is 3.14. The lowest BCUT2D eigenvalue weighted by Crippen LogP contribution is -2.02. The van der Waals surface area contributed by atoms with Gasteiger partial charge < -0.3 is 5.73 Å². The maximum atomic E-state index is 13.6. The van der Waals surface area contributed by atoms with Crippen molar-refractivity contribution in [2.24, 2.45) is 0 Å². The molecule has 6 heteroatoms. The Hall–Kier alpha value is -2.08. The van der Waals surface area contributed by atoms with E-state index in [0.717, 1.165) is 16.3 Å². The number of nitrogens with zero attached hydrogens (tertiary/aromatic N) is 2. The Morgan fingerprint density at radius 2 is 2.00 bits per heavy atom. The van der Waals surface area contributed by atoms with Gasteiger partial charge in [0.1, 0.15) is 28.1 Å². The number of thiophene rings is 1. The fraction of sp³-hybridized carbons (Fsp3) is 0.0769. The fourth-order valence-electron chi connectivity index (χ4n) is 1.84. The molecule has 0 bridgehead atoms. The van der Waals surface area contributed by atoms with Crippen LogP contribution in [0, 0.1) is 11.6 Å². The molecule has 0 amide bonds. The molecule has 2 heterocycles. The van der Waals surface area contributed by atoms with Crippen LogP contribution in [0.25, 0.3) is 10.2 Å². The van der Waals surface area contributed by atoms with Crippen molar-refractivity contribution in [3.63, 3.8) is 0 Å². The summed E-state index contributed by atoms with van der Waals surface area (Å²) in [6.07, 6.45) is 0.185. The number of rotatable bonds is 2. The normalized spacial score (nSPS) is 11.1. The third kappa shape index (κ3) is 2.26. The monoisotopic (exact) mass is 277 g/mol. The summed E-state index contributed by atoms with van der Waals surface area (Å²) in [5.41, 5.74) is 6.16. The number of anilines is 1. The number of nitrogens with two attached hydrogens (primary N) is 1. The highest BCUT2D eigenvalue weighted by atomic mass is 32.1. The lowest BCUT2D eigenvalue weighted by atomic mass is 10.1. The lowest BCUT2D eigenvalue weighted by Gasteiger charge is -2.04. The van der Waals surface area contributed by atoms with Crippen LogP contribution in [0.5, 0.6) is 0 Å². The number of hydrogen-bond donors (Lipinski definition) is 1. The van der Waals surface area contributed by atoms with E-state index >= 15 is 0 Å². The largest absolute Gasteiger partial charge is 0.383 e. The van der Waals surface area contributed by atoms with Gasteiger partial charge >= 0.3 is 0 Å². The minimum atomic E-state index is -0.603. The molecule has 96 valence electrons. The van der Waals surface area contributed by atoms with E-state index in [1.165, 1.54) is 23.5 Å². The summed E-state index contributed by atoms with van der Waals surface area (Å²) < 4.78 is 26.4. The Morgan fingerprint density at radius 3 is 2.79 bits per heavy atom. The van der Waals surface area contributed by atoms with E-state index in [2.05, 4.69) is 9.97 Å². The minimum Gasteiger partial charge on any atom is -0.383 e. The maximum Gasteiger partial charge on any atom is 0.136 e. The lowest BCUT2D eigenvalue weighted by molar-refractivity contribution is 0.573. The van der Waals surface area contributed by atoms with Crippen LogP contribution in [-0.2, 0) is 6.42 Å². The van der Waals surface area contributed by atoms with Crippen molar-refractivity contribution in [3.8, 4) is 0 Å². The standard InChI is InChI=1S/C13H9F2N3S/c14-8-2-1-7(10(15)6-8)5-11-17-12(16)9-3-4-19-13(9)18-11/h1-4,6H,5H2,(H2,16,17,18). The molecule has 3 nitrogen and oxygen atoms in total. The topological polar surface area (TPSA) is 51.8 Å². The first-order valence-corrected chi connectivity index (χ1v) is 6.45. The van der Waals surface area contributed by atoms with Crippen molar-refractivity contribution in [1.29, 1.82) is 0 Å². The van der Waals surface area contributed by atoms with Gasteiger partial charge in [-0.3, -0.25) is 0 Å². The molecule has 0 atom stereocenters. The summed E-state index contributed by atoms with van der Waals surface area (Å²) in [7, 11) is 0. The van der Waals surface area contributed by atoms with Crippen LogP contribution >= 0.6 is 11.3 Å². The summed E-state index contributed by atoms with van der Waals surface area (Å²) in [5.74, 6) is -0.398. The van der Waals surface area contributed by atoms with E-state index in [0.29, 0.717) is 17.2 Å². The summed E-state index contributed by atoms with van der Waals surface area (Å²) in [5, 5.41) is 2.67. The van der Waals surface area contributed by atoms with Gasteiger partial charge in [0.05, 0.1) is 5.39 Å². The van der Waals surface area contributed by atoms with Crippen LogP contribution in [0.1, 0.15) is 11.4 Å². The number of aromatic nitrogens is 2. The van der Waals surface area contributed by atoms with Gasteiger partial charge in [0.15, 0.2) is 0 Å². The van der Waals surface area contributed by atoms with Gasteiger partial charge in [0.2, 0.25) is 0 Å². The summed E-state index contributed by atoms with van der Waals surface area (Å²) in [6.45, 7) is 0. The van der Waals surface area contributed by atoms with Crippen LogP contribution in [0.15, 0.2) is 29.6 Å². The van der Waals surface area contributed by atoms with Crippen LogP contribution < -0.4 is 5.73 Å². The van der Waals surface area contributed by atoms with Crippen molar-refractivity contribution in [2.45, 2.75) is 6.42 Å². The maximum absolute atomic E-state index is 13.6. The van der Waals surface area contributed by atoms with E-state index < -0.39 is 11.6 Å². The Labute approximate surface area is 111 Å². The highest BCUT2D eigenvalue weighted by molar-refractivity contribution is 7.16. The van der Waals surface area contributed by atoms with E-state index in [1.807, 2.05) is 11.4 Å². The molecule has 0 unspecified atom stereocenters. The second-order valence-electron chi connectivity index (χ2n) is 4.08. The van der Waals surface area contributed by atoms with Crippen LogP contribution in [0.4, 0.5) is 14.6 Å². The van der Waals surface area contributed by atoms with Gasteiger partial charge in [-0.25, -0.2) is 18.7 Å². The van der Waals surface area contributed by atoms with Crippen molar-refractivity contribution in [1.82, 2.24) is 9.97 Å². The molecule has 2 N–H and O–H groups in total. The molecule has 0 fully saturated rings. The van der Waals surface area contributed by atoms with E-state index in [9.17, 15) is 8.78 Å². The molecule has 1 aromatic carbocycles. The molecule has 3 aromatic rings. The molecular weight excluding hydrogens is 268 g/mol. The average Bonchev–Trinajstić information content (AvgIpc) is 2.81. The number of nitrogen functional groups attached to an aromatic ring is 1. The summed E-state index contributed by atoms with van der Waals surface area (Å²) in [4.78, 5) is 9.24. The molecule has 0 aliphatic rings. The van der Waals surface area contributed by atoms with Crippen molar-refractivity contribution in [2.75, 3.05) is 5.73 Å². The molecule has 0 aliphatic heterocycles. The zero-order valence-electron chi connectivity index (χ0n) is 9.73. The van der Waals surface area contributed by atoms with Gasteiger partial charge in [0, 0.05) is 12.5 Å². The Morgan fingerprint density at radius 1 is 1.16 bits per heavy atom. The minimum absolute atomic E-state index is 0.185. The van der Waals surface area contributed by atoms with Gasteiger partial charge in [0.25, 0.3) is 0 Å². The number of hydrogen-bond acceptors (Lipinski definition) is 4. The molecule has 0 aliphatic carbocycles. The first-order chi connectivity index (χ1) is 9.13.